The maximum atomic E-state index is 6.27. The second-order valence-corrected chi connectivity index (χ2v) is 5.96. The molecule has 1 heterocycles. The summed E-state index contributed by atoms with van der Waals surface area (Å²) in [4.78, 5) is 6.79. The Morgan fingerprint density at radius 3 is 2.44 bits per heavy atom. The molecule has 3 heteroatoms. The number of rotatable bonds is 6. The minimum Gasteiger partial charge on any atom is -0.326 e. The highest BCUT2D eigenvalue weighted by atomic mass is 15.2. The lowest BCUT2D eigenvalue weighted by Crippen LogP contribution is -2.41. The third-order valence-electron chi connectivity index (χ3n) is 4.08. The fourth-order valence-corrected chi connectivity index (χ4v) is 2.85. The fraction of sp³-hybridized carbons (Fsp3) is 0.667. The monoisotopic (exact) mass is 245 g/mol. The van der Waals surface area contributed by atoms with Crippen LogP contribution in [0, 0.1) is 5.92 Å². The largest absolute Gasteiger partial charge is 0.326 e. The molecule has 0 bridgehead atoms. The molecule has 1 aromatic heterocycles. The lowest BCUT2D eigenvalue weighted by atomic mass is 9.99. The van der Waals surface area contributed by atoms with E-state index in [4.69, 9.17) is 5.73 Å². The highest BCUT2D eigenvalue weighted by Crippen LogP contribution is 2.40. The van der Waals surface area contributed by atoms with Gasteiger partial charge < -0.3 is 5.73 Å². The zero-order valence-corrected chi connectivity index (χ0v) is 11.1. The van der Waals surface area contributed by atoms with Crippen molar-refractivity contribution in [2.24, 2.45) is 11.7 Å². The van der Waals surface area contributed by atoms with Crippen molar-refractivity contribution in [1.82, 2.24) is 9.88 Å². The fourth-order valence-electron chi connectivity index (χ4n) is 2.85. The smallest absolute Gasteiger partial charge is 0.0500 e. The van der Waals surface area contributed by atoms with E-state index in [0.717, 1.165) is 12.0 Å². The molecule has 2 aliphatic rings. The summed E-state index contributed by atoms with van der Waals surface area (Å²) in [5.74, 6) is 0.925. The van der Waals surface area contributed by atoms with E-state index in [1.54, 1.807) is 0 Å². The first-order valence-corrected chi connectivity index (χ1v) is 7.17. The Morgan fingerprint density at radius 2 is 1.94 bits per heavy atom. The van der Waals surface area contributed by atoms with E-state index in [9.17, 15) is 0 Å². The van der Waals surface area contributed by atoms with E-state index in [1.807, 2.05) is 12.4 Å². The van der Waals surface area contributed by atoms with E-state index < -0.39 is 0 Å². The lowest BCUT2D eigenvalue weighted by Gasteiger charge is -2.35. The van der Waals surface area contributed by atoms with Crippen molar-refractivity contribution in [2.75, 3.05) is 6.54 Å². The van der Waals surface area contributed by atoms with Crippen LogP contribution >= 0.6 is 0 Å². The molecule has 1 aromatic rings. The van der Waals surface area contributed by atoms with Gasteiger partial charge in [-0.1, -0.05) is 0 Å². The predicted molar refractivity (Wildman–Crippen MR) is 73.1 cm³/mol. The van der Waals surface area contributed by atoms with Gasteiger partial charge in [-0.05, 0) is 56.2 Å². The maximum absolute atomic E-state index is 6.27. The average molecular weight is 245 g/mol. The van der Waals surface area contributed by atoms with Crippen LogP contribution in [0.2, 0.25) is 0 Å². The molecule has 2 N–H and O–H groups in total. The Bertz CT molecular complexity index is 382. The first-order valence-electron chi connectivity index (χ1n) is 7.17. The van der Waals surface area contributed by atoms with Crippen molar-refractivity contribution >= 4 is 0 Å². The molecule has 3 rings (SSSR count). The van der Waals surface area contributed by atoms with Crippen LogP contribution in [-0.4, -0.2) is 28.5 Å². The summed E-state index contributed by atoms with van der Waals surface area (Å²) < 4.78 is 0. The quantitative estimate of drug-likeness (QED) is 0.836. The van der Waals surface area contributed by atoms with Crippen molar-refractivity contribution in [3.05, 3.63) is 30.1 Å². The van der Waals surface area contributed by atoms with Crippen LogP contribution in [0.4, 0.5) is 0 Å². The Hall–Kier alpha value is -0.930. The number of nitrogens with zero attached hydrogens (tertiary/aromatic N) is 2. The van der Waals surface area contributed by atoms with Crippen molar-refractivity contribution in [3.8, 4) is 0 Å². The number of aromatic nitrogens is 1. The highest BCUT2D eigenvalue weighted by Gasteiger charge is 2.39. The summed E-state index contributed by atoms with van der Waals surface area (Å²) in [6.07, 6.45) is 9.28. The molecule has 2 fully saturated rings. The zero-order valence-electron chi connectivity index (χ0n) is 11.1. The number of nitrogens with two attached hydrogens (primary N) is 1. The summed E-state index contributed by atoms with van der Waals surface area (Å²) in [7, 11) is 0. The second kappa shape index (κ2) is 4.98. The van der Waals surface area contributed by atoms with E-state index in [1.165, 1.54) is 37.8 Å². The van der Waals surface area contributed by atoms with Crippen LogP contribution in [0.25, 0.3) is 0 Å². The summed E-state index contributed by atoms with van der Waals surface area (Å²) >= 11 is 0. The Kier molecular flexibility index (Phi) is 3.35. The van der Waals surface area contributed by atoms with Crippen LogP contribution in [0.1, 0.15) is 44.2 Å². The minimum absolute atomic E-state index is 0.173. The molecular formula is C15H23N3. The van der Waals surface area contributed by atoms with E-state index in [2.05, 4.69) is 28.9 Å². The normalized spacial score (nSPS) is 23.1. The molecule has 18 heavy (non-hydrogen) atoms. The molecule has 0 aliphatic heterocycles. The number of hydrogen-bond acceptors (Lipinski definition) is 3. The second-order valence-electron chi connectivity index (χ2n) is 5.96. The molecule has 2 aliphatic carbocycles. The van der Waals surface area contributed by atoms with Crippen LogP contribution in [0.15, 0.2) is 24.5 Å². The van der Waals surface area contributed by atoms with Gasteiger partial charge >= 0.3 is 0 Å². The molecule has 98 valence electrons. The third-order valence-corrected chi connectivity index (χ3v) is 4.08. The first kappa shape index (κ1) is 12.1. The SMILES string of the molecule is CC(N)C(c1ccncc1)N(CC1CC1)C1CC1. The summed E-state index contributed by atoms with van der Waals surface area (Å²) in [5, 5.41) is 0. The number of pyridine rings is 1. The highest BCUT2D eigenvalue weighted by molar-refractivity contribution is 5.18. The van der Waals surface area contributed by atoms with Crippen LogP contribution in [0.3, 0.4) is 0 Å². The summed E-state index contributed by atoms with van der Waals surface area (Å²) in [5.41, 5.74) is 7.60. The molecule has 2 unspecified atom stereocenters. The van der Waals surface area contributed by atoms with Crippen molar-refractivity contribution in [2.45, 2.75) is 50.7 Å². The van der Waals surface area contributed by atoms with Crippen LogP contribution < -0.4 is 5.73 Å². The molecule has 0 spiro atoms. The van der Waals surface area contributed by atoms with E-state index in [0.29, 0.717) is 6.04 Å². The lowest BCUT2D eigenvalue weighted by molar-refractivity contribution is 0.159. The van der Waals surface area contributed by atoms with Gasteiger partial charge in [0.15, 0.2) is 0 Å². The first-order chi connectivity index (χ1) is 8.75. The van der Waals surface area contributed by atoms with Gasteiger partial charge in [0.25, 0.3) is 0 Å². The Balaban J connectivity index is 1.81. The van der Waals surface area contributed by atoms with Gasteiger partial charge in [-0.15, -0.1) is 0 Å². The summed E-state index contributed by atoms with van der Waals surface area (Å²) in [6, 6.07) is 5.55. The molecular weight excluding hydrogens is 222 g/mol. The van der Waals surface area contributed by atoms with Crippen LogP contribution in [0.5, 0.6) is 0 Å². The van der Waals surface area contributed by atoms with Gasteiger partial charge in [0, 0.05) is 31.0 Å². The minimum atomic E-state index is 0.173. The molecule has 3 nitrogen and oxygen atoms in total. The van der Waals surface area contributed by atoms with Crippen molar-refractivity contribution in [3.63, 3.8) is 0 Å². The van der Waals surface area contributed by atoms with Gasteiger partial charge in [-0.25, -0.2) is 0 Å². The molecule has 2 saturated carbocycles. The summed E-state index contributed by atoms with van der Waals surface area (Å²) in [6.45, 7) is 3.37. The molecule has 0 saturated heterocycles. The Morgan fingerprint density at radius 1 is 1.28 bits per heavy atom. The van der Waals surface area contributed by atoms with E-state index >= 15 is 0 Å². The molecule has 2 atom stereocenters. The Labute approximate surface area is 109 Å². The van der Waals surface area contributed by atoms with Crippen molar-refractivity contribution in [1.29, 1.82) is 0 Å². The van der Waals surface area contributed by atoms with Gasteiger partial charge in [0.2, 0.25) is 0 Å². The predicted octanol–water partition coefficient (Wildman–Crippen LogP) is 2.34. The maximum Gasteiger partial charge on any atom is 0.0500 e. The molecule has 0 radical (unpaired) electrons. The average Bonchev–Trinajstić information content (AvgIpc) is 3.23. The van der Waals surface area contributed by atoms with Gasteiger partial charge in [-0.3, -0.25) is 9.88 Å². The van der Waals surface area contributed by atoms with Crippen LogP contribution in [-0.2, 0) is 0 Å². The van der Waals surface area contributed by atoms with Gasteiger partial charge in [0.05, 0.1) is 6.04 Å². The van der Waals surface area contributed by atoms with Crippen molar-refractivity contribution < 1.29 is 0 Å². The van der Waals surface area contributed by atoms with Gasteiger partial charge in [-0.2, -0.15) is 0 Å². The molecule has 0 aromatic carbocycles. The zero-order chi connectivity index (χ0) is 12.5. The third kappa shape index (κ3) is 2.73. The molecule has 0 amide bonds. The standard InChI is InChI=1S/C15H23N3/c1-11(16)15(13-6-8-17-9-7-13)18(14-4-5-14)10-12-2-3-12/h6-9,11-12,14-15H,2-5,10,16H2,1H3. The van der Waals surface area contributed by atoms with E-state index in [-0.39, 0.29) is 6.04 Å². The number of hydrogen-bond donors (Lipinski definition) is 1. The van der Waals surface area contributed by atoms with Gasteiger partial charge in [0.1, 0.15) is 0 Å². The topological polar surface area (TPSA) is 42.1 Å².